The molecule has 1 aromatic carbocycles. The van der Waals surface area contributed by atoms with Crippen LogP contribution in [0.1, 0.15) is 36.2 Å². The summed E-state index contributed by atoms with van der Waals surface area (Å²) in [7, 11) is 3.40. The van der Waals surface area contributed by atoms with Crippen LogP contribution in [0.2, 0.25) is 0 Å². The zero-order valence-electron chi connectivity index (χ0n) is 17.7. The first-order valence-corrected chi connectivity index (χ1v) is 10.7. The van der Waals surface area contributed by atoms with Crippen LogP contribution in [0.4, 0.5) is 0 Å². The Hall–Kier alpha value is -2.45. The highest BCUT2D eigenvalue weighted by molar-refractivity contribution is 6.04. The Balaban J connectivity index is 1.56. The summed E-state index contributed by atoms with van der Waals surface area (Å²) in [6, 6.07) is 7.90. The number of benzene rings is 1. The molecule has 1 atom stereocenters. The number of nitrogens with zero attached hydrogens (tertiary/aromatic N) is 4. The summed E-state index contributed by atoms with van der Waals surface area (Å²) in [6.07, 6.45) is 3.40. The minimum atomic E-state index is -0.0670. The second-order valence-electron chi connectivity index (χ2n) is 8.11. The van der Waals surface area contributed by atoms with E-state index >= 15 is 0 Å². The average Bonchev–Trinajstić information content (AvgIpc) is 3.11. The summed E-state index contributed by atoms with van der Waals surface area (Å²) in [4.78, 5) is 30.1. The number of carbonyl (C=O) groups excluding carboxylic acids is 2. The fourth-order valence-electron chi connectivity index (χ4n) is 4.75. The number of ether oxygens (including phenoxy) is 2. The first-order chi connectivity index (χ1) is 14.6. The molecular formula is C22H30N4O4. The van der Waals surface area contributed by atoms with Crippen molar-refractivity contribution >= 4 is 22.7 Å². The molecule has 8 heteroatoms. The first-order valence-electron chi connectivity index (χ1n) is 10.7. The van der Waals surface area contributed by atoms with Crippen molar-refractivity contribution in [2.24, 2.45) is 7.05 Å². The molecule has 0 radical (unpaired) electrons. The van der Waals surface area contributed by atoms with Crippen LogP contribution in [-0.4, -0.2) is 83.5 Å². The number of para-hydroxylation sites is 1. The van der Waals surface area contributed by atoms with E-state index < -0.39 is 0 Å². The van der Waals surface area contributed by atoms with Gasteiger partial charge in [-0.1, -0.05) is 18.2 Å². The zero-order chi connectivity index (χ0) is 21.1. The summed E-state index contributed by atoms with van der Waals surface area (Å²) in [6.45, 7) is 2.59. The van der Waals surface area contributed by atoms with Gasteiger partial charge in [0.25, 0.3) is 5.91 Å². The summed E-state index contributed by atoms with van der Waals surface area (Å²) >= 11 is 0. The lowest BCUT2D eigenvalue weighted by molar-refractivity contribution is -0.143. The number of fused-ring (bicyclic) bond motifs is 1. The molecule has 0 saturated carbocycles. The third kappa shape index (κ3) is 4.06. The van der Waals surface area contributed by atoms with E-state index in [4.69, 9.17) is 9.47 Å². The second-order valence-corrected chi connectivity index (χ2v) is 8.11. The lowest BCUT2D eigenvalue weighted by Gasteiger charge is -2.44. The largest absolute Gasteiger partial charge is 0.381 e. The van der Waals surface area contributed by atoms with Crippen LogP contribution in [0.25, 0.3) is 10.9 Å². The SMILES string of the molecule is COCC(=O)N(C1CCOCC1)C1CCCN(C(=O)c2nn(C)c3ccccc23)C1. The van der Waals surface area contributed by atoms with Gasteiger partial charge in [0.1, 0.15) is 6.61 Å². The maximum absolute atomic E-state index is 13.4. The summed E-state index contributed by atoms with van der Waals surface area (Å²) in [5.41, 5.74) is 1.42. The van der Waals surface area contributed by atoms with Crippen molar-refractivity contribution in [2.45, 2.75) is 37.8 Å². The Labute approximate surface area is 176 Å². The lowest BCUT2D eigenvalue weighted by Crippen LogP contribution is -2.56. The molecule has 2 aliphatic rings. The first kappa shape index (κ1) is 20.8. The third-order valence-electron chi connectivity index (χ3n) is 6.18. The average molecular weight is 415 g/mol. The number of piperidine rings is 1. The number of hydrogen-bond donors (Lipinski definition) is 0. The topological polar surface area (TPSA) is 76.9 Å². The molecule has 0 spiro atoms. The van der Waals surface area contributed by atoms with E-state index in [1.54, 1.807) is 11.8 Å². The van der Waals surface area contributed by atoms with E-state index in [0.717, 1.165) is 36.6 Å². The predicted octanol–water partition coefficient (Wildman–Crippen LogP) is 1.83. The normalized spacial score (nSPS) is 20.5. The molecular weight excluding hydrogens is 384 g/mol. The van der Waals surface area contributed by atoms with E-state index in [-0.39, 0.29) is 30.5 Å². The van der Waals surface area contributed by atoms with Crippen LogP contribution in [0.15, 0.2) is 24.3 Å². The summed E-state index contributed by atoms with van der Waals surface area (Å²) in [5.74, 6) is -0.0744. The van der Waals surface area contributed by atoms with Gasteiger partial charge in [-0.3, -0.25) is 14.3 Å². The van der Waals surface area contributed by atoms with Gasteiger partial charge >= 0.3 is 0 Å². The van der Waals surface area contributed by atoms with Crippen molar-refractivity contribution in [1.82, 2.24) is 19.6 Å². The molecule has 0 aliphatic carbocycles. The van der Waals surface area contributed by atoms with Gasteiger partial charge in [0.15, 0.2) is 5.69 Å². The van der Waals surface area contributed by atoms with Gasteiger partial charge in [-0.15, -0.1) is 0 Å². The molecule has 0 bridgehead atoms. The quantitative estimate of drug-likeness (QED) is 0.746. The van der Waals surface area contributed by atoms with Crippen LogP contribution < -0.4 is 0 Å². The Morgan fingerprint density at radius 3 is 2.73 bits per heavy atom. The Morgan fingerprint density at radius 2 is 1.97 bits per heavy atom. The number of rotatable bonds is 5. The molecule has 1 unspecified atom stereocenters. The smallest absolute Gasteiger partial charge is 0.275 e. The van der Waals surface area contributed by atoms with Crippen molar-refractivity contribution in [3.63, 3.8) is 0 Å². The van der Waals surface area contributed by atoms with Crippen LogP contribution in [0.5, 0.6) is 0 Å². The standard InChI is InChI=1S/C22H30N4O4/c1-24-19-8-4-3-7-18(19)21(23-24)22(28)25-11-5-6-17(14-25)26(20(27)15-29-2)16-9-12-30-13-10-16/h3-4,7-8,16-17H,5-6,9-15H2,1-2H3. The Kier molecular flexibility index (Phi) is 6.34. The molecule has 4 rings (SSSR count). The molecule has 2 fully saturated rings. The van der Waals surface area contributed by atoms with Gasteiger partial charge in [0.05, 0.1) is 5.52 Å². The molecule has 2 saturated heterocycles. The highest BCUT2D eigenvalue weighted by Crippen LogP contribution is 2.26. The van der Waals surface area contributed by atoms with Gasteiger partial charge in [0, 0.05) is 57.9 Å². The maximum atomic E-state index is 13.4. The minimum absolute atomic E-state index is 0.00742. The van der Waals surface area contributed by atoms with E-state index in [9.17, 15) is 9.59 Å². The minimum Gasteiger partial charge on any atom is -0.381 e. The van der Waals surface area contributed by atoms with Crippen molar-refractivity contribution in [3.05, 3.63) is 30.0 Å². The van der Waals surface area contributed by atoms with Gasteiger partial charge in [0.2, 0.25) is 5.91 Å². The van der Waals surface area contributed by atoms with Crippen LogP contribution in [-0.2, 0) is 21.3 Å². The van der Waals surface area contributed by atoms with Gasteiger partial charge in [-0.2, -0.15) is 5.10 Å². The molecule has 162 valence electrons. The van der Waals surface area contributed by atoms with Crippen LogP contribution >= 0.6 is 0 Å². The van der Waals surface area contributed by atoms with E-state index in [0.29, 0.717) is 32.0 Å². The Bertz CT molecular complexity index is 906. The molecule has 1 aromatic heterocycles. The van der Waals surface area contributed by atoms with E-state index in [1.807, 2.05) is 41.1 Å². The van der Waals surface area contributed by atoms with Crippen LogP contribution in [0.3, 0.4) is 0 Å². The molecule has 2 amide bonds. The number of aryl methyl sites for hydroxylation is 1. The molecule has 0 N–H and O–H groups in total. The fourth-order valence-corrected chi connectivity index (χ4v) is 4.75. The van der Waals surface area contributed by atoms with Crippen molar-refractivity contribution in [3.8, 4) is 0 Å². The highest BCUT2D eigenvalue weighted by atomic mass is 16.5. The number of hydrogen-bond acceptors (Lipinski definition) is 5. The monoisotopic (exact) mass is 414 g/mol. The second kappa shape index (κ2) is 9.14. The molecule has 30 heavy (non-hydrogen) atoms. The maximum Gasteiger partial charge on any atom is 0.275 e. The number of amides is 2. The summed E-state index contributed by atoms with van der Waals surface area (Å²) < 4.78 is 12.4. The van der Waals surface area contributed by atoms with Crippen molar-refractivity contribution < 1.29 is 19.1 Å². The van der Waals surface area contributed by atoms with Gasteiger partial charge in [-0.05, 0) is 31.7 Å². The van der Waals surface area contributed by atoms with E-state index in [2.05, 4.69) is 5.10 Å². The van der Waals surface area contributed by atoms with E-state index in [1.165, 1.54) is 0 Å². The fraction of sp³-hybridized carbons (Fsp3) is 0.591. The molecule has 2 aliphatic heterocycles. The Morgan fingerprint density at radius 1 is 1.20 bits per heavy atom. The lowest BCUT2D eigenvalue weighted by atomic mass is 9.98. The van der Waals surface area contributed by atoms with Gasteiger partial charge < -0.3 is 19.3 Å². The zero-order valence-corrected chi connectivity index (χ0v) is 17.7. The molecule has 8 nitrogen and oxygen atoms in total. The van der Waals surface area contributed by atoms with Crippen molar-refractivity contribution in [1.29, 1.82) is 0 Å². The molecule has 2 aromatic rings. The predicted molar refractivity (Wildman–Crippen MR) is 112 cm³/mol. The third-order valence-corrected chi connectivity index (χ3v) is 6.18. The number of methoxy groups -OCH3 is 1. The van der Waals surface area contributed by atoms with Gasteiger partial charge in [-0.25, -0.2) is 0 Å². The summed E-state index contributed by atoms with van der Waals surface area (Å²) in [5, 5.41) is 5.36. The van der Waals surface area contributed by atoms with Crippen molar-refractivity contribution in [2.75, 3.05) is 40.0 Å². The highest BCUT2D eigenvalue weighted by Gasteiger charge is 2.36. The van der Waals surface area contributed by atoms with Crippen LogP contribution in [0, 0.1) is 0 Å². The number of carbonyl (C=O) groups is 2. The number of aromatic nitrogens is 2. The molecule has 3 heterocycles. The number of likely N-dealkylation sites (tertiary alicyclic amines) is 1.